The van der Waals surface area contributed by atoms with E-state index in [1.165, 1.54) is 11.6 Å². The highest BCUT2D eigenvalue weighted by Crippen LogP contribution is 2.12. The quantitative estimate of drug-likeness (QED) is 0.738. The van der Waals surface area contributed by atoms with Gasteiger partial charge in [0.25, 0.3) is 11.5 Å². The van der Waals surface area contributed by atoms with Crippen molar-refractivity contribution < 1.29 is 9.90 Å². The molecule has 2 aromatic carbocycles. The van der Waals surface area contributed by atoms with Crippen molar-refractivity contribution in [1.82, 2.24) is 14.9 Å². The predicted molar refractivity (Wildman–Crippen MR) is 98.0 cm³/mol. The molecule has 0 saturated heterocycles. The Bertz CT molecular complexity index is 967. The molecule has 2 N–H and O–H groups in total. The highest BCUT2D eigenvalue weighted by molar-refractivity contribution is 5.94. The first-order valence-electron chi connectivity index (χ1n) is 8.21. The third-order valence-corrected chi connectivity index (χ3v) is 4.08. The van der Waals surface area contributed by atoms with Gasteiger partial charge in [-0.25, -0.2) is 4.98 Å². The predicted octanol–water partition coefficient (Wildman–Crippen LogP) is 2.01. The highest BCUT2D eigenvalue weighted by Gasteiger charge is 2.20. The van der Waals surface area contributed by atoms with Gasteiger partial charge >= 0.3 is 0 Å². The third kappa shape index (κ3) is 3.80. The van der Waals surface area contributed by atoms with Crippen molar-refractivity contribution in [3.63, 3.8) is 0 Å². The number of hydrogen-bond acceptors (Lipinski definition) is 4. The molecule has 0 aliphatic heterocycles. The Morgan fingerprint density at radius 1 is 1.04 bits per heavy atom. The minimum Gasteiger partial charge on any atom is -0.501 e. The van der Waals surface area contributed by atoms with E-state index in [2.05, 4.69) is 10.3 Å². The number of amides is 1. The molecule has 0 radical (unpaired) electrons. The van der Waals surface area contributed by atoms with Crippen LogP contribution in [0.15, 0.2) is 65.5 Å². The molecule has 1 aromatic heterocycles. The van der Waals surface area contributed by atoms with Gasteiger partial charge in [0.05, 0.1) is 0 Å². The first kappa shape index (κ1) is 17.4. The molecule has 1 heterocycles. The molecule has 3 rings (SSSR count). The smallest absolute Gasteiger partial charge is 0.296 e. The van der Waals surface area contributed by atoms with Crippen LogP contribution in [0, 0.1) is 0 Å². The lowest BCUT2D eigenvalue weighted by molar-refractivity contribution is 0.0941. The topological polar surface area (TPSA) is 84.2 Å². The fourth-order valence-corrected chi connectivity index (χ4v) is 2.59. The van der Waals surface area contributed by atoms with Crippen LogP contribution >= 0.6 is 0 Å². The zero-order valence-electron chi connectivity index (χ0n) is 14.3. The number of hydrogen-bond donors (Lipinski definition) is 2. The summed E-state index contributed by atoms with van der Waals surface area (Å²) in [7, 11) is 1.53. The van der Waals surface area contributed by atoms with Crippen LogP contribution < -0.4 is 10.9 Å². The molecular formula is C20H19N3O3. The van der Waals surface area contributed by atoms with Gasteiger partial charge in [0.15, 0.2) is 5.69 Å². The maximum Gasteiger partial charge on any atom is 0.296 e. The standard InChI is InChI=1S/C20H19N3O3/c1-23-16(12-14-8-4-2-5-9-14)22-17(18(24)20(23)26)19(25)21-13-15-10-6-3-7-11-15/h2-11,24H,12-13H2,1H3,(H,21,25). The first-order chi connectivity index (χ1) is 12.6. The van der Waals surface area contributed by atoms with Crippen LogP contribution in [-0.2, 0) is 20.0 Å². The van der Waals surface area contributed by atoms with E-state index in [1.54, 1.807) is 0 Å². The summed E-state index contributed by atoms with van der Waals surface area (Å²) >= 11 is 0. The Hall–Kier alpha value is -3.41. The number of carbonyl (C=O) groups excluding carboxylic acids is 1. The molecule has 1 amide bonds. The Kier molecular flexibility index (Phi) is 5.12. The second-order valence-corrected chi connectivity index (χ2v) is 5.92. The van der Waals surface area contributed by atoms with Crippen LogP contribution in [0.5, 0.6) is 5.75 Å². The molecule has 0 atom stereocenters. The van der Waals surface area contributed by atoms with Crippen molar-refractivity contribution in [1.29, 1.82) is 0 Å². The molecule has 0 fully saturated rings. The summed E-state index contributed by atoms with van der Waals surface area (Å²) < 4.78 is 1.26. The van der Waals surface area contributed by atoms with Crippen LogP contribution in [0.3, 0.4) is 0 Å². The second-order valence-electron chi connectivity index (χ2n) is 5.92. The molecule has 0 spiro atoms. The molecule has 0 unspecified atom stereocenters. The number of nitrogens with zero attached hydrogens (tertiary/aromatic N) is 2. The first-order valence-corrected chi connectivity index (χ1v) is 8.21. The molecule has 6 nitrogen and oxygen atoms in total. The normalized spacial score (nSPS) is 10.5. The molecule has 0 aliphatic carbocycles. The zero-order chi connectivity index (χ0) is 18.5. The van der Waals surface area contributed by atoms with Gasteiger partial charge < -0.3 is 10.4 Å². The summed E-state index contributed by atoms with van der Waals surface area (Å²) in [6.45, 7) is 0.282. The Morgan fingerprint density at radius 2 is 1.62 bits per heavy atom. The van der Waals surface area contributed by atoms with E-state index in [-0.39, 0.29) is 12.2 Å². The molecule has 0 bridgehead atoms. The van der Waals surface area contributed by atoms with Crippen molar-refractivity contribution in [2.24, 2.45) is 7.05 Å². The summed E-state index contributed by atoms with van der Waals surface area (Å²) in [5.41, 5.74) is 0.968. The minimum atomic E-state index is -0.644. The lowest BCUT2D eigenvalue weighted by Crippen LogP contribution is -2.30. The van der Waals surface area contributed by atoms with E-state index in [9.17, 15) is 14.7 Å². The van der Waals surface area contributed by atoms with Crippen LogP contribution in [0.2, 0.25) is 0 Å². The summed E-state index contributed by atoms with van der Waals surface area (Å²) in [6, 6.07) is 18.9. The van der Waals surface area contributed by atoms with Crippen LogP contribution in [-0.4, -0.2) is 20.6 Å². The number of nitrogens with one attached hydrogen (secondary N) is 1. The summed E-state index contributed by atoms with van der Waals surface area (Å²) in [4.78, 5) is 28.9. The second kappa shape index (κ2) is 7.65. The fraction of sp³-hybridized carbons (Fsp3) is 0.150. The van der Waals surface area contributed by atoms with Gasteiger partial charge in [0, 0.05) is 20.0 Å². The van der Waals surface area contributed by atoms with E-state index < -0.39 is 17.2 Å². The van der Waals surface area contributed by atoms with E-state index in [4.69, 9.17) is 0 Å². The number of aromatic nitrogens is 2. The lowest BCUT2D eigenvalue weighted by Gasteiger charge is -2.12. The van der Waals surface area contributed by atoms with Gasteiger partial charge in [-0.1, -0.05) is 60.7 Å². The van der Waals surface area contributed by atoms with Gasteiger partial charge in [-0.3, -0.25) is 14.2 Å². The summed E-state index contributed by atoms with van der Waals surface area (Å²) in [5.74, 6) is -0.822. The van der Waals surface area contributed by atoms with Crippen molar-refractivity contribution in [3.8, 4) is 5.75 Å². The third-order valence-electron chi connectivity index (χ3n) is 4.08. The molecular weight excluding hydrogens is 330 g/mol. The monoisotopic (exact) mass is 349 g/mol. The van der Waals surface area contributed by atoms with Crippen molar-refractivity contribution in [3.05, 3.63) is 93.7 Å². The van der Waals surface area contributed by atoms with E-state index >= 15 is 0 Å². The van der Waals surface area contributed by atoms with Gasteiger partial charge in [-0.05, 0) is 11.1 Å². The summed E-state index contributed by atoms with van der Waals surface area (Å²) in [6.07, 6.45) is 0.381. The number of rotatable bonds is 5. The van der Waals surface area contributed by atoms with Gasteiger partial charge in [0.1, 0.15) is 5.82 Å². The SMILES string of the molecule is Cn1c(Cc2ccccc2)nc(C(=O)NCc2ccccc2)c(O)c1=O. The Labute approximate surface area is 150 Å². The van der Waals surface area contributed by atoms with Gasteiger partial charge in [0.2, 0.25) is 5.75 Å². The Morgan fingerprint density at radius 3 is 2.23 bits per heavy atom. The highest BCUT2D eigenvalue weighted by atomic mass is 16.3. The zero-order valence-corrected chi connectivity index (χ0v) is 14.3. The maximum absolute atomic E-state index is 12.4. The average Bonchev–Trinajstić information content (AvgIpc) is 2.68. The van der Waals surface area contributed by atoms with Gasteiger partial charge in [-0.15, -0.1) is 0 Å². The van der Waals surface area contributed by atoms with Crippen LogP contribution in [0.25, 0.3) is 0 Å². The lowest BCUT2D eigenvalue weighted by atomic mass is 10.1. The molecule has 3 aromatic rings. The molecule has 0 aliphatic rings. The van der Waals surface area contributed by atoms with Crippen LogP contribution in [0.1, 0.15) is 27.4 Å². The number of aromatic hydroxyl groups is 1. The van der Waals surface area contributed by atoms with Crippen LogP contribution in [0.4, 0.5) is 0 Å². The molecule has 0 saturated carbocycles. The summed E-state index contributed by atoms with van der Waals surface area (Å²) in [5, 5.41) is 12.8. The van der Waals surface area contributed by atoms with Gasteiger partial charge in [-0.2, -0.15) is 0 Å². The van der Waals surface area contributed by atoms with Crippen molar-refractivity contribution in [2.75, 3.05) is 0 Å². The van der Waals surface area contributed by atoms with Crippen molar-refractivity contribution in [2.45, 2.75) is 13.0 Å². The maximum atomic E-state index is 12.4. The van der Waals surface area contributed by atoms with Crippen molar-refractivity contribution >= 4 is 5.91 Å². The largest absolute Gasteiger partial charge is 0.501 e. The van der Waals surface area contributed by atoms with E-state index in [0.717, 1.165) is 11.1 Å². The number of benzene rings is 2. The fourth-order valence-electron chi connectivity index (χ4n) is 2.59. The molecule has 132 valence electrons. The van der Waals surface area contributed by atoms with E-state index in [1.807, 2.05) is 60.7 Å². The van der Waals surface area contributed by atoms with E-state index in [0.29, 0.717) is 12.2 Å². The minimum absolute atomic E-state index is 0.255. The molecule has 26 heavy (non-hydrogen) atoms. The average molecular weight is 349 g/mol. The Balaban J connectivity index is 1.86. The number of carbonyl (C=O) groups is 1. The molecule has 6 heteroatoms.